The Morgan fingerprint density at radius 2 is 1.35 bits per heavy atom. The first-order valence-electron chi connectivity index (χ1n) is 7.85. The quantitative estimate of drug-likeness (QED) is 0.702. The van der Waals surface area contributed by atoms with Crippen molar-refractivity contribution in [2.24, 2.45) is 0 Å². The van der Waals surface area contributed by atoms with E-state index in [4.69, 9.17) is 18.9 Å². The Bertz CT molecular complexity index is 559. The molecule has 0 aliphatic heterocycles. The van der Waals surface area contributed by atoms with Crippen LogP contribution < -0.4 is 23.8 Å². The van der Waals surface area contributed by atoms with Gasteiger partial charge < -0.3 is 14.0 Å². The van der Waals surface area contributed by atoms with E-state index in [2.05, 4.69) is 6.07 Å². The summed E-state index contributed by atoms with van der Waals surface area (Å²) in [6, 6.07) is 8.04. The van der Waals surface area contributed by atoms with Gasteiger partial charge in [-0.2, -0.15) is 11.3 Å². The molecule has 23 heavy (non-hydrogen) atoms. The summed E-state index contributed by atoms with van der Waals surface area (Å²) in [5.41, 5.74) is 0.945. The molecule has 4 nitrogen and oxygen atoms in total. The van der Waals surface area contributed by atoms with E-state index in [1.165, 1.54) is 0 Å². The molecule has 0 fully saturated rings. The second-order valence-corrected chi connectivity index (χ2v) is 7.28. The van der Waals surface area contributed by atoms with Crippen molar-refractivity contribution in [1.82, 2.24) is 4.98 Å². The Labute approximate surface area is 155 Å². The summed E-state index contributed by atoms with van der Waals surface area (Å²) in [7, 11) is 0. The minimum absolute atomic E-state index is 0. The van der Waals surface area contributed by atoms with Crippen LogP contribution in [0.2, 0.25) is 0 Å². The molecule has 0 amide bonds. The van der Waals surface area contributed by atoms with Crippen LogP contribution in [0.3, 0.4) is 0 Å². The summed E-state index contributed by atoms with van der Waals surface area (Å²) in [5.74, 6) is 0. The van der Waals surface area contributed by atoms with Crippen molar-refractivity contribution in [1.29, 1.82) is 0 Å². The minimum atomic E-state index is -2.06. The smallest absolute Gasteiger partial charge is 0.537 e. The van der Waals surface area contributed by atoms with Gasteiger partial charge in [-0.3, -0.25) is 4.98 Å². The maximum absolute atomic E-state index is 6.14. The van der Waals surface area contributed by atoms with Crippen molar-refractivity contribution in [3.05, 3.63) is 24.3 Å². The summed E-state index contributed by atoms with van der Waals surface area (Å²) >= 11 is 1.57. The van der Waals surface area contributed by atoms with Crippen molar-refractivity contribution >= 4 is 33.2 Å². The molecule has 2 aromatic rings. The maximum atomic E-state index is 6.14. The van der Waals surface area contributed by atoms with Crippen molar-refractivity contribution in [3.63, 3.8) is 0 Å². The van der Waals surface area contributed by atoms with Gasteiger partial charge in [0.25, 0.3) is 0 Å². The average Bonchev–Trinajstić information content (AvgIpc) is 2.80. The van der Waals surface area contributed by atoms with Crippen molar-refractivity contribution in [3.8, 4) is 0 Å². The van der Waals surface area contributed by atoms with E-state index in [9.17, 15) is 0 Å². The summed E-state index contributed by atoms with van der Waals surface area (Å²) in [5, 5.41) is 0. The number of thiazole rings is 1. The van der Waals surface area contributed by atoms with Gasteiger partial charge in [-0.05, 0) is 53.7 Å². The fourth-order valence-electron chi connectivity index (χ4n) is 2.39. The van der Waals surface area contributed by atoms with Crippen molar-refractivity contribution in [2.45, 2.75) is 59.9 Å². The first kappa shape index (κ1) is 20.7. The van der Waals surface area contributed by atoms with Crippen LogP contribution in [0, 0.1) is 0 Å². The third-order valence-corrected chi connectivity index (χ3v) is 4.12. The van der Waals surface area contributed by atoms with Gasteiger partial charge in [0.15, 0.2) is 0 Å². The molecule has 0 aliphatic carbocycles. The molecule has 0 bridgehead atoms. The van der Waals surface area contributed by atoms with Crippen LogP contribution in [0.15, 0.2) is 24.3 Å². The van der Waals surface area contributed by atoms with Crippen LogP contribution in [0.25, 0.3) is 10.2 Å². The zero-order chi connectivity index (χ0) is 16.3. The van der Waals surface area contributed by atoms with Gasteiger partial charge in [0, 0.05) is 23.2 Å². The Morgan fingerprint density at radius 1 is 0.870 bits per heavy atom. The van der Waals surface area contributed by atoms with E-state index in [-0.39, 0.29) is 37.2 Å². The molecule has 2 rings (SSSR count). The number of rotatable bonds is 7. The molecular formula is C16H25BLiNO3S. The maximum Gasteiger partial charge on any atom is 1.00 e. The van der Waals surface area contributed by atoms with E-state index in [0.29, 0.717) is 0 Å². The van der Waals surface area contributed by atoms with Gasteiger partial charge in [-0.25, -0.2) is 0 Å². The summed E-state index contributed by atoms with van der Waals surface area (Å²) in [4.78, 5) is 5.48. The Morgan fingerprint density at radius 3 is 1.78 bits per heavy atom. The topological polar surface area (TPSA) is 40.6 Å². The third-order valence-electron chi connectivity index (χ3n) is 2.97. The van der Waals surface area contributed by atoms with E-state index < -0.39 is 6.75 Å². The Balaban J connectivity index is 0.00000264. The predicted molar refractivity (Wildman–Crippen MR) is 93.7 cm³/mol. The number of nitrogens with zero attached hydrogens (tertiary/aromatic N) is 1. The molecule has 0 aliphatic rings. The molecule has 7 heteroatoms. The number of hydrogen-bond donors (Lipinski definition) is 0. The molecule has 0 spiro atoms. The average molecular weight is 329 g/mol. The molecule has 1 aromatic heterocycles. The van der Waals surface area contributed by atoms with Crippen molar-refractivity contribution in [2.75, 3.05) is 0 Å². The molecule has 1 heterocycles. The van der Waals surface area contributed by atoms with E-state index in [1.807, 2.05) is 59.7 Å². The standard InChI is InChI=1S/C16H25BNO3S.Li/c1-11(2)19-17(20-12(3)4,21-13(5)6)16-18-14-9-7-8-10-15(14)22-16;/h7-13H,1-6H3;/q-1;+1. The van der Waals surface area contributed by atoms with Gasteiger partial charge in [-0.15, -0.1) is 0 Å². The molecule has 0 radical (unpaired) electrons. The Hall–Kier alpha value is -0.348. The molecule has 0 saturated carbocycles. The van der Waals surface area contributed by atoms with Crippen LogP contribution in [-0.4, -0.2) is 30.1 Å². The largest absolute Gasteiger partial charge is 1.00 e. The van der Waals surface area contributed by atoms with E-state index in [0.717, 1.165) is 15.1 Å². The van der Waals surface area contributed by atoms with Gasteiger partial charge >= 0.3 is 25.6 Å². The first-order chi connectivity index (χ1) is 10.3. The predicted octanol–water partition coefficient (Wildman–Crippen LogP) is 0.721. The monoisotopic (exact) mass is 329 g/mol. The van der Waals surface area contributed by atoms with E-state index in [1.54, 1.807) is 11.3 Å². The molecule has 0 atom stereocenters. The second kappa shape index (κ2) is 8.66. The second-order valence-electron chi connectivity index (χ2n) is 6.22. The Kier molecular flexibility index (Phi) is 7.79. The normalized spacial score (nSPS) is 12.4. The zero-order valence-corrected chi connectivity index (χ0v) is 16.0. The fraction of sp³-hybridized carbons (Fsp3) is 0.562. The van der Waals surface area contributed by atoms with Gasteiger partial charge in [0.1, 0.15) is 0 Å². The molecule has 0 unspecified atom stereocenters. The van der Waals surface area contributed by atoms with Crippen LogP contribution in [0.4, 0.5) is 0 Å². The number of fused-ring (bicyclic) bond motifs is 1. The van der Waals surface area contributed by atoms with Gasteiger partial charge in [0.2, 0.25) is 0 Å². The SMILES string of the molecule is CC(C)O[B-](OC(C)C)(OC(C)C)c1nc2ccccc2s1.[Li+]. The number of para-hydroxylation sites is 1. The molecule has 122 valence electrons. The molecule has 0 saturated heterocycles. The summed E-state index contributed by atoms with van der Waals surface area (Å²) in [6.45, 7) is 9.84. The van der Waals surface area contributed by atoms with Crippen LogP contribution in [0.5, 0.6) is 0 Å². The molecule has 1 aromatic carbocycles. The minimum Gasteiger partial charge on any atom is -0.537 e. The summed E-state index contributed by atoms with van der Waals surface area (Å²) < 4.78 is 19.5. The van der Waals surface area contributed by atoms with Crippen LogP contribution in [-0.2, 0) is 14.0 Å². The summed E-state index contributed by atoms with van der Waals surface area (Å²) in [6.07, 6.45) is -0.0708. The fourth-order valence-corrected chi connectivity index (χ4v) is 3.43. The third kappa shape index (κ3) is 5.32. The number of aromatic nitrogens is 1. The van der Waals surface area contributed by atoms with E-state index >= 15 is 0 Å². The van der Waals surface area contributed by atoms with Gasteiger partial charge in [0.05, 0.1) is 10.2 Å². The van der Waals surface area contributed by atoms with Crippen LogP contribution >= 0.6 is 11.3 Å². The zero-order valence-electron chi connectivity index (χ0n) is 15.2. The number of benzene rings is 1. The van der Waals surface area contributed by atoms with Crippen molar-refractivity contribution < 1.29 is 32.8 Å². The number of hydrogen-bond acceptors (Lipinski definition) is 5. The van der Waals surface area contributed by atoms with Crippen LogP contribution in [0.1, 0.15) is 41.5 Å². The molecule has 0 N–H and O–H groups in total. The van der Waals surface area contributed by atoms with Gasteiger partial charge in [-0.1, -0.05) is 12.1 Å². The molecular weight excluding hydrogens is 304 g/mol. The first-order valence-corrected chi connectivity index (χ1v) is 8.67.